The molecule has 146 valence electrons. The molecule has 0 saturated heterocycles. The van der Waals surface area contributed by atoms with Crippen LogP contribution in [0.5, 0.6) is 0 Å². The van der Waals surface area contributed by atoms with Crippen molar-refractivity contribution in [2.45, 2.75) is 65.2 Å². The third kappa shape index (κ3) is 4.16. The zero-order valence-corrected chi connectivity index (χ0v) is 18.0. The molecule has 28 heavy (non-hydrogen) atoms. The van der Waals surface area contributed by atoms with E-state index >= 15 is 0 Å². The number of pyridine rings is 1. The maximum Gasteiger partial charge on any atom is 0.0845 e. The first kappa shape index (κ1) is 20.3. The van der Waals surface area contributed by atoms with Gasteiger partial charge in [-0.1, -0.05) is 83.2 Å². The van der Waals surface area contributed by atoms with Crippen LogP contribution >= 0.6 is 0 Å². The second-order valence-electron chi connectivity index (χ2n) is 8.61. The largest absolute Gasteiger partial charge is 0.251 e. The number of allylic oxidation sites excluding steroid dienone is 4. The van der Waals surface area contributed by atoms with Gasteiger partial charge in [0.15, 0.2) is 0 Å². The van der Waals surface area contributed by atoms with Crippen LogP contribution < -0.4 is 0 Å². The highest BCUT2D eigenvalue weighted by Crippen LogP contribution is 2.35. The molecule has 1 unspecified atom stereocenters. The quantitative estimate of drug-likeness (QED) is 0.508. The first-order chi connectivity index (χ1) is 13.3. The van der Waals surface area contributed by atoms with Gasteiger partial charge in [-0.15, -0.1) is 0 Å². The third-order valence-corrected chi connectivity index (χ3v) is 5.58. The Morgan fingerprint density at radius 1 is 0.964 bits per heavy atom. The summed E-state index contributed by atoms with van der Waals surface area (Å²) in [6.07, 6.45) is 9.66. The number of aromatic nitrogens is 1. The molecule has 0 bridgehead atoms. The second-order valence-corrected chi connectivity index (χ2v) is 8.61. The number of benzene rings is 1. The summed E-state index contributed by atoms with van der Waals surface area (Å²) in [6.45, 7) is 13.3. The number of rotatable bonds is 5. The Morgan fingerprint density at radius 3 is 2.18 bits per heavy atom. The van der Waals surface area contributed by atoms with Gasteiger partial charge in [0.05, 0.1) is 22.8 Å². The summed E-state index contributed by atoms with van der Waals surface area (Å²) in [5.74, 6) is 0.866. The van der Waals surface area contributed by atoms with Crippen LogP contribution in [0.1, 0.15) is 82.3 Å². The standard InChI is InChI=1S/C26H32N2/c1-18(2)21-12-10-13-22(19(3)4)25(21)27-20(5)23-14-11-15-24(28-23)26(6)16-8-7-9-17-26/h7-16,18-19H,17H2,1-6H3. The number of hydrogen-bond donors (Lipinski definition) is 0. The van der Waals surface area contributed by atoms with E-state index in [0.29, 0.717) is 11.8 Å². The predicted molar refractivity (Wildman–Crippen MR) is 121 cm³/mol. The van der Waals surface area contributed by atoms with Crippen molar-refractivity contribution in [3.63, 3.8) is 0 Å². The average Bonchev–Trinajstić information content (AvgIpc) is 2.68. The molecule has 0 fully saturated rings. The summed E-state index contributed by atoms with van der Waals surface area (Å²) >= 11 is 0. The van der Waals surface area contributed by atoms with Crippen LogP contribution in [0.25, 0.3) is 0 Å². The Labute approximate surface area is 170 Å². The fourth-order valence-electron chi connectivity index (χ4n) is 3.74. The first-order valence-electron chi connectivity index (χ1n) is 10.3. The Hall–Kier alpha value is -2.48. The van der Waals surface area contributed by atoms with Gasteiger partial charge in [-0.05, 0) is 48.4 Å². The fraction of sp³-hybridized carbons (Fsp3) is 0.385. The minimum Gasteiger partial charge on any atom is -0.251 e. The molecule has 3 rings (SSSR count). The maximum atomic E-state index is 5.10. The smallest absolute Gasteiger partial charge is 0.0845 e. The molecule has 1 aromatic heterocycles. The lowest BCUT2D eigenvalue weighted by molar-refractivity contribution is 0.578. The van der Waals surface area contributed by atoms with Crippen molar-refractivity contribution < 1.29 is 0 Å². The summed E-state index contributed by atoms with van der Waals surface area (Å²) in [5, 5.41) is 0. The minimum absolute atomic E-state index is 0.0516. The normalized spacial score (nSPS) is 19.6. The maximum absolute atomic E-state index is 5.10. The van der Waals surface area contributed by atoms with E-state index in [-0.39, 0.29) is 5.41 Å². The summed E-state index contributed by atoms with van der Waals surface area (Å²) < 4.78 is 0. The molecular weight excluding hydrogens is 340 g/mol. The number of aliphatic imine (C=N–C) groups is 1. The SMILES string of the molecule is CC(=Nc1c(C(C)C)cccc1C(C)C)c1cccc(C2(C)C=CC=CC2)n1. The average molecular weight is 373 g/mol. The van der Waals surface area contributed by atoms with Gasteiger partial charge in [-0.2, -0.15) is 0 Å². The molecule has 1 heterocycles. The molecule has 0 N–H and O–H groups in total. The van der Waals surface area contributed by atoms with Gasteiger partial charge in [0.25, 0.3) is 0 Å². The van der Waals surface area contributed by atoms with E-state index in [0.717, 1.165) is 29.2 Å². The van der Waals surface area contributed by atoms with E-state index in [2.05, 4.69) is 102 Å². The molecule has 2 aromatic rings. The van der Waals surface area contributed by atoms with Crippen LogP contribution in [0.2, 0.25) is 0 Å². The monoisotopic (exact) mass is 372 g/mol. The van der Waals surface area contributed by atoms with Crippen LogP contribution in [0.3, 0.4) is 0 Å². The molecule has 1 atom stereocenters. The third-order valence-electron chi connectivity index (χ3n) is 5.58. The zero-order chi connectivity index (χ0) is 20.3. The number of hydrogen-bond acceptors (Lipinski definition) is 2. The molecule has 0 radical (unpaired) electrons. The summed E-state index contributed by atoms with van der Waals surface area (Å²) in [5.41, 5.74) is 6.68. The highest BCUT2D eigenvalue weighted by Gasteiger charge is 2.25. The van der Waals surface area contributed by atoms with Gasteiger partial charge in [0.1, 0.15) is 0 Å². The lowest BCUT2D eigenvalue weighted by Gasteiger charge is -2.26. The van der Waals surface area contributed by atoms with Crippen LogP contribution in [-0.2, 0) is 5.41 Å². The van der Waals surface area contributed by atoms with Crippen LogP contribution in [0.15, 0.2) is 65.7 Å². The van der Waals surface area contributed by atoms with Crippen molar-refractivity contribution in [1.29, 1.82) is 0 Å². The molecule has 1 aliphatic rings. The van der Waals surface area contributed by atoms with E-state index < -0.39 is 0 Å². The molecule has 0 saturated carbocycles. The van der Waals surface area contributed by atoms with Gasteiger partial charge in [-0.25, -0.2) is 0 Å². The molecule has 2 nitrogen and oxygen atoms in total. The molecule has 0 spiro atoms. The van der Waals surface area contributed by atoms with Gasteiger partial charge >= 0.3 is 0 Å². The van der Waals surface area contributed by atoms with Crippen molar-refractivity contribution in [3.05, 3.63) is 83.2 Å². The predicted octanol–water partition coefficient (Wildman–Crippen LogP) is 7.24. The molecule has 1 aliphatic carbocycles. The molecule has 0 amide bonds. The highest BCUT2D eigenvalue weighted by molar-refractivity contribution is 5.99. The van der Waals surface area contributed by atoms with Crippen LogP contribution in [0, 0.1) is 0 Å². The Morgan fingerprint density at radius 2 is 1.61 bits per heavy atom. The molecule has 2 heteroatoms. The second kappa shape index (κ2) is 8.26. The van der Waals surface area contributed by atoms with Crippen molar-refractivity contribution in [2.24, 2.45) is 4.99 Å². The van der Waals surface area contributed by atoms with Gasteiger partial charge < -0.3 is 0 Å². The van der Waals surface area contributed by atoms with Crippen molar-refractivity contribution in [2.75, 3.05) is 0 Å². The zero-order valence-electron chi connectivity index (χ0n) is 18.0. The van der Waals surface area contributed by atoms with Gasteiger partial charge in [-0.3, -0.25) is 9.98 Å². The Kier molecular flexibility index (Phi) is 5.98. The van der Waals surface area contributed by atoms with E-state index in [1.54, 1.807) is 0 Å². The summed E-state index contributed by atoms with van der Waals surface area (Å²) in [6, 6.07) is 12.9. The van der Waals surface area contributed by atoms with E-state index in [9.17, 15) is 0 Å². The molecular formula is C26H32N2. The lowest BCUT2D eigenvalue weighted by atomic mass is 9.80. The number of para-hydroxylation sites is 1. The van der Waals surface area contributed by atoms with Crippen LogP contribution in [0.4, 0.5) is 5.69 Å². The first-order valence-corrected chi connectivity index (χ1v) is 10.3. The fourth-order valence-corrected chi connectivity index (χ4v) is 3.74. The van der Waals surface area contributed by atoms with E-state index in [4.69, 9.17) is 9.98 Å². The topological polar surface area (TPSA) is 25.2 Å². The van der Waals surface area contributed by atoms with E-state index in [1.807, 2.05) is 0 Å². The lowest BCUT2D eigenvalue weighted by Crippen LogP contribution is -2.22. The highest BCUT2D eigenvalue weighted by atomic mass is 14.8. The number of nitrogens with zero attached hydrogens (tertiary/aromatic N) is 2. The van der Waals surface area contributed by atoms with Crippen molar-refractivity contribution >= 4 is 11.4 Å². The van der Waals surface area contributed by atoms with E-state index in [1.165, 1.54) is 11.1 Å². The van der Waals surface area contributed by atoms with Crippen LogP contribution in [-0.4, -0.2) is 10.7 Å². The summed E-state index contributed by atoms with van der Waals surface area (Å²) in [4.78, 5) is 10.1. The molecule has 1 aromatic carbocycles. The molecule has 0 aliphatic heterocycles. The van der Waals surface area contributed by atoms with Gasteiger partial charge in [0.2, 0.25) is 0 Å². The van der Waals surface area contributed by atoms with Gasteiger partial charge in [0, 0.05) is 5.41 Å². The van der Waals surface area contributed by atoms with Crippen molar-refractivity contribution in [3.8, 4) is 0 Å². The Bertz CT molecular complexity index is 905. The Balaban J connectivity index is 2.05. The summed E-state index contributed by atoms with van der Waals surface area (Å²) in [7, 11) is 0. The minimum atomic E-state index is -0.0516. The van der Waals surface area contributed by atoms with Crippen molar-refractivity contribution in [1.82, 2.24) is 4.98 Å².